The maximum atomic E-state index is 12.6. The van der Waals surface area contributed by atoms with Gasteiger partial charge in [0.1, 0.15) is 0 Å². The summed E-state index contributed by atoms with van der Waals surface area (Å²) >= 11 is 0. The van der Waals surface area contributed by atoms with Gasteiger partial charge in [0.05, 0.1) is 0 Å². The van der Waals surface area contributed by atoms with E-state index in [-0.39, 0.29) is 11.9 Å². The zero-order chi connectivity index (χ0) is 15.8. The van der Waals surface area contributed by atoms with E-state index in [2.05, 4.69) is 22.4 Å². The molecular formula is C17H20N4O2. The Balaban J connectivity index is 1.51. The molecular weight excluding hydrogens is 292 g/mol. The van der Waals surface area contributed by atoms with Gasteiger partial charge in [-0.1, -0.05) is 5.16 Å². The van der Waals surface area contributed by atoms with E-state index in [1.807, 2.05) is 29.2 Å². The molecule has 23 heavy (non-hydrogen) atoms. The van der Waals surface area contributed by atoms with Gasteiger partial charge in [-0.2, -0.15) is 4.98 Å². The summed E-state index contributed by atoms with van der Waals surface area (Å²) in [6, 6.07) is 7.66. The van der Waals surface area contributed by atoms with E-state index in [1.165, 1.54) is 0 Å². The highest BCUT2D eigenvalue weighted by molar-refractivity contribution is 5.94. The standard InChI is InChI=1S/C17H20N4O2/c1-11-10-18-8-9-21(11)17(22)14-6-4-13(5-7-14)16-19-15(20-23-16)12-2-3-12/h4-7,11-12,18H,2-3,8-10H2,1H3/t11-/m1/s1. The molecule has 120 valence electrons. The zero-order valence-electron chi connectivity index (χ0n) is 13.2. The molecule has 1 atom stereocenters. The number of amides is 1. The Kier molecular flexibility index (Phi) is 3.61. The third-order valence-electron chi connectivity index (χ3n) is 4.53. The number of nitrogens with one attached hydrogen (secondary N) is 1. The van der Waals surface area contributed by atoms with Crippen LogP contribution >= 0.6 is 0 Å². The maximum Gasteiger partial charge on any atom is 0.257 e. The van der Waals surface area contributed by atoms with E-state index in [0.29, 0.717) is 17.4 Å². The van der Waals surface area contributed by atoms with Gasteiger partial charge in [0.15, 0.2) is 5.82 Å². The monoisotopic (exact) mass is 312 g/mol. The van der Waals surface area contributed by atoms with Crippen molar-refractivity contribution in [3.63, 3.8) is 0 Å². The lowest BCUT2D eigenvalue weighted by Crippen LogP contribution is -2.52. The Morgan fingerprint density at radius 2 is 2.09 bits per heavy atom. The molecule has 2 fully saturated rings. The zero-order valence-corrected chi connectivity index (χ0v) is 13.2. The van der Waals surface area contributed by atoms with Crippen LogP contribution in [0.2, 0.25) is 0 Å². The van der Waals surface area contributed by atoms with Crippen molar-refractivity contribution >= 4 is 5.91 Å². The van der Waals surface area contributed by atoms with Crippen molar-refractivity contribution in [1.82, 2.24) is 20.4 Å². The van der Waals surface area contributed by atoms with Crippen LogP contribution in [0.25, 0.3) is 11.5 Å². The summed E-state index contributed by atoms with van der Waals surface area (Å²) in [5.41, 5.74) is 1.55. The summed E-state index contributed by atoms with van der Waals surface area (Å²) in [5, 5.41) is 7.32. The number of nitrogens with zero attached hydrogens (tertiary/aromatic N) is 3. The van der Waals surface area contributed by atoms with Crippen molar-refractivity contribution in [2.45, 2.75) is 31.7 Å². The van der Waals surface area contributed by atoms with Gasteiger partial charge in [-0.25, -0.2) is 0 Å². The number of carbonyl (C=O) groups excluding carboxylic acids is 1. The van der Waals surface area contributed by atoms with Gasteiger partial charge in [-0.15, -0.1) is 0 Å². The number of carbonyl (C=O) groups is 1. The minimum Gasteiger partial charge on any atom is -0.334 e. The fourth-order valence-corrected chi connectivity index (χ4v) is 2.92. The second kappa shape index (κ2) is 5.77. The van der Waals surface area contributed by atoms with Crippen LogP contribution in [0.3, 0.4) is 0 Å². The third kappa shape index (κ3) is 2.86. The fraction of sp³-hybridized carbons (Fsp3) is 0.471. The molecule has 1 aliphatic heterocycles. The molecule has 2 aliphatic rings. The molecule has 0 unspecified atom stereocenters. The summed E-state index contributed by atoms with van der Waals surface area (Å²) < 4.78 is 5.32. The third-order valence-corrected chi connectivity index (χ3v) is 4.53. The number of hydrogen-bond donors (Lipinski definition) is 1. The second-order valence-corrected chi connectivity index (χ2v) is 6.36. The molecule has 1 amide bonds. The van der Waals surface area contributed by atoms with Crippen LogP contribution < -0.4 is 5.32 Å². The van der Waals surface area contributed by atoms with Crippen LogP contribution in [-0.2, 0) is 0 Å². The molecule has 1 N–H and O–H groups in total. The van der Waals surface area contributed by atoms with E-state index in [9.17, 15) is 4.79 Å². The SMILES string of the molecule is C[C@@H]1CNCCN1C(=O)c1ccc(-c2nc(C3CC3)no2)cc1. The first-order valence-corrected chi connectivity index (χ1v) is 8.18. The molecule has 2 aromatic rings. The molecule has 0 radical (unpaired) electrons. The van der Waals surface area contributed by atoms with Crippen molar-refractivity contribution in [2.75, 3.05) is 19.6 Å². The Morgan fingerprint density at radius 1 is 1.30 bits per heavy atom. The molecule has 1 aromatic heterocycles. The van der Waals surface area contributed by atoms with Gasteiger partial charge in [-0.3, -0.25) is 4.79 Å². The fourth-order valence-electron chi connectivity index (χ4n) is 2.92. The van der Waals surface area contributed by atoms with Crippen LogP contribution in [-0.4, -0.2) is 46.6 Å². The number of benzene rings is 1. The Labute approximate surface area is 134 Å². The van der Waals surface area contributed by atoms with Gasteiger partial charge in [-0.05, 0) is 44.0 Å². The average Bonchev–Trinajstić information content (AvgIpc) is 3.32. The van der Waals surface area contributed by atoms with Crippen molar-refractivity contribution in [3.8, 4) is 11.5 Å². The van der Waals surface area contributed by atoms with E-state index in [0.717, 1.165) is 43.9 Å². The first kappa shape index (κ1) is 14.4. The predicted octanol–water partition coefficient (Wildman–Crippen LogP) is 2.05. The van der Waals surface area contributed by atoms with Crippen molar-refractivity contribution < 1.29 is 9.32 Å². The summed E-state index contributed by atoms with van der Waals surface area (Å²) in [6.07, 6.45) is 2.30. The normalized spacial score (nSPS) is 21.4. The molecule has 1 aromatic carbocycles. The maximum absolute atomic E-state index is 12.6. The highest BCUT2D eigenvalue weighted by atomic mass is 16.5. The second-order valence-electron chi connectivity index (χ2n) is 6.36. The minimum atomic E-state index is 0.0785. The molecule has 6 nitrogen and oxygen atoms in total. The van der Waals surface area contributed by atoms with Gasteiger partial charge in [0.25, 0.3) is 11.8 Å². The number of rotatable bonds is 3. The quantitative estimate of drug-likeness (QED) is 0.939. The Hall–Kier alpha value is -2.21. The first-order chi connectivity index (χ1) is 11.2. The van der Waals surface area contributed by atoms with Crippen molar-refractivity contribution in [3.05, 3.63) is 35.7 Å². The van der Waals surface area contributed by atoms with Gasteiger partial charge < -0.3 is 14.7 Å². The van der Waals surface area contributed by atoms with E-state index in [1.54, 1.807) is 0 Å². The summed E-state index contributed by atoms with van der Waals surface area (Å²) in [5.74, 6) is 1.88. The van der Waals surface area contributed by atoms with Gasteiger partial charge in [0, 0.05) is 42.7 Å². The lowest BCUT2D eigenvalue weighted by atomic mass is 10.1. The largest absolute Gasteiger partial charge is 0.334 e. The molecule has 0 bridgehead atoms. The van der Waals surface area contributed by atoms with Gasteiger partial charge >= 0.3 is 0 Å². The first-order valence-electron chi connectivity index (χ1n) is 8.18. The minimum absolute atomic E-state index is 0.0785. The van der Waals surface area contributed by atoms with E-state index < -0.39 is 0 Å². The number of piperazine rings is 1. The summed E-state index contributed by atoms with van der Waals surface area (Å²) in [6.45, 7) is 4.50. The molecule has 1 saturated heterocycles. The van der Waals surface area contributed by atoms with Gasteiger partial charge in [0.2, 0.25) is 0 Å². The average molecular weight is 312 g/mol. The van der Waals surface area contributed by atoms with Crippen LogP contribution in [0.4, 0.5) is 0 Å². The molecule has 1 aliphatic carbocycles. The topological polar surface area (TPSA) is 71.3 Å². The number of aromatic nitrogens is 2. The molecule has 2 heterocycles. The molecule has 6 heteroatoms. The summed E-state index contributed by atoms with van der Waals surface area (Å²) in [7, 11) is 0. The summed E-state index contributed by atoms with van der Waals surface area (Å²) in [4.78, 5) is 19.0. The lowest BCUT2D eigenvalue weighted by Gasteiger charge is -2.34. The predicted molar refractivity (Wildman–Crippen MR) is 85.1 cm³/mol. The van der Waals surface area contributed by atoms with E-state index >= 15 is 0 Å². The van der Waals surface area contributed by atoms with Crippen LogP contribution in [0.15, 0.2) is 28.8 Å². The van der Waals surface area contributed by atoms with Crippen LogP contribution in [0.1, 0.15) is 41.9 Å². The van der Waals surface area contributed by atoms with E-state index in [4.69, 9.17) is 4.52 Å². The highest BCUT2D eigenvalue weighted by Crippen LogP contribution is 2.38. The smallest absolute Gasteiger partial charge is 0.257 e. The Morgan fingerprint density at radius 3 is 2.78 bits per heavy atom. The van der Waals surface area contributed by atoms with Crippen LogP contribution in [0, 0.1) is 0 Å². The molecule has 1 saturated carbocycles. The van der Waals surface area contributed by atoms with Crippen LogP contribution in [0.5, 0.6) is 0 Å². The number of hydrogen-bond acceptors (Lipinski definition) is 5. The van der Waals surface area contributed by atoms with Crippen molar-refractivity contribution in [1.29, 1.82) is 0 Å². The lowest BCUT2D eigenvalue weighted by molar-refractivity contribution is 0.0656. The highest BCUT2D eigenvalue weighted by Gasteiger charge is 2.29. The van der Waals surface area contributed by atoms with Crippen molar-refractivity contribution in [2.24, 2.45) is 0 Å². The molecule has 4 rings (SSSR count). The Bertz CT molecular complexity index is 706. The molecule has 0 spiro atoms.